The molecule has 0 radical (unpaired) electrons. The van der Waals surface area contributed by atoms with Crippen molar-refractivity contribution in [3.8, 4) is 5.75 Å². The molecule has 0 N–H and O–H groups in total. The van der Waals surface area contributed by atoms with Crippen LogP contribution in [0.25, 0.3) is 0 Å². The van der Waals surface area contributed by atoms with Gasteiger partial charge in [-0.2, -0.15) is 0 Å². The average molecular weight is 364 g/mol. The van der Waals surface area contributed by atoms with Crippen LogP contribution in [0.15, 0.2) is 24.3 Å². The number of benzene rings is 1. The van der Waals surface area contributed by atoms with Crippen molar-refractivity contribution in [2.45, 2.75) is 56.9 Å². The average Bonchev–Trinajstić information content (AvgIpc) is 2.59. The lowest BCUT2D eigenvalue weighted by Gasteiger charge is -2.32. The molecule has 0 atom stereocenters. The lowest BCUT2D eigenvalue weighted by molar-refractivity contribution is -0.139. The van der Waals surface area contributed by atoms with Crippen molar-refractivity contribution in [2.24, 2.45) is 0 Å². The van der Waals surface area contributed by atoms with E-state index in [0.717, 1.165) is 38.2 Å². The minimum Gasteiger partial charge on any atom is -0.490 e. The molecule has 2 fully saturated rings. The topological polar surface area (TPSA) is 38.8 Å². The molecule has 1 heterocycles. The highest BCUT2D eigenvalue weighted by Crippen LogP contribution is 2.30. The summed E-state index contributed by atoms with van der Waals surface area (Å²) in [5.41, 5.74) is 1.30. The molecule has 1 aromatic carbocycles. The van der Waals surface area contributed by atoms with Crippen molar-refractivity contribution in [1.29, 1.82) is 0 Å². The first-order valence-electron chi connectivity index (χ1n) is 9.48. The number of hydrogen-bond acceptors (Lipinski definition) is 5. The van der Waals surface area contributed by atoms with E-state index in [2.05, 4.69) is 29.2 Å². The third-order valence-electron chi connectivity index (χ3n) is 4.99. The van der Waals surface area contributed by atoms with E-state index < -0.39 is 0 Å². The van der Waals surface area contributed by atoms with Crippen molar-refractivity contribution in [1.82, 2.24) is 4.90 Å². The summed E-state index contributed by atoms with van der Waals surface area (Å²) >= 11 is 1.75. The lowest BCUT2D eigenvalue weighted by atomic mass is 9.96. The van der Waals surface area contributed by atoms with Crippen LogP contribution in [0.1, 0.15) is 44.6 Å². The number of esters is 1. The van der Waals surface area contributed by atoms with Gasteiger partial charge in [-0.3, -0.25) is 9.69 Å². The number of carbonyl (C=O) groups excluding carboxylic acids is 1. The van der Waals surface area contributed by atoms with E-state index in [9.17, 15) is 4.79 Å². The van der Waals surface area contributed by atoms with E-state index >= 15 is 0 Å². The second-order valence-electron chi connectivity index (χ2n) is 6.87. The number of para-hydroxylation sites is 1. The normalized spacial score (nSPS) is 19.4. The van der Waals surface area contributed by atoms with Crippen LogP contribution in [0.2, 0.25) is 0 Å². The number of ether oxygens (including phenoxy) is 2. The van der Waals surface area contributed by atoms with Gasteiger partial charge in [0.25, 0.3) is 0 Å². The Hall–Kier alpha value is -1.20. The maximum absolute atomic E-state index is 11.5. The van der Waals surface area contributed by atoms with E-state index in [1.807, 2.05) is 6.92 Å². The number of piperidine rings is 1. The number of thioether (sulfide) groups is 1. The summed E-state index contributed by atoms with van der Waals surface area (Å²) in [6, 6.07) is 8.46. The summed E-state index contributed by atoms with van der Waals surface area (Å²) in [6.07, 6.45) is 6.37. The molecule has 1 aliphatic carbocycles. The zero-order valence-electron chi connectivity index (χ0n) is 15.1. The number of likely N-dealkylation sites (tertiary alicyclic amines) is 1. The van der Waals surface area contributed by atoms with Gasteiger partial charge in [-0.25, -0.2) is 0 Å². The second kappa shape index (κ2) is 9.48. The standard InChI is InChI=1S/C20H29NO3S/c1-2-23-20(22)15-25-18-10-12-21(13-11-18)14-16-6-3-4-9-19(16)24-17-7-5-8-17/h3-4,6,9,17-18H,2,5,7-8,10-15H2,1H3. The molecule has 25 heavy (non-hydrogen) atoms. The molecule has 2 aliphatic rings. The molecule has 0 amide bonds. The Morgan fingerprint density at radius 1 is 1.20 bits per heavy atom. The van der Waals surface area contributed by atoms with Crippen molar-refractivity contribution in [2.75, 3.05) is 25.4 Å². The summed E-state index contributed by atoms with van der Waals surface area (Å²) in [4.78, 5) is 14.0. The highest BCUT2D eigenvalue weighted by atomic mass is 32.2. The first kappa shape index (κ1) is 18.6. The third kappa shape index (κ3) is 5.65. The quantitative estimate of drug-likeness (QED) is 0.656. The Labute approximate surface area is 155 Å². The van der Waals surface area contributed by atoms with E-state index in [-0.39, 0.29) is 5.97 Å². The summed E-state index contributed by atoms with van der Waals surface area (Å²) in [5, 5.41) is 0.571. The van der Waals surface area contributed by atoms with Crippen LogP contribution in [0.4, 0.5) is 0 Å². The van der Waals surface area contributed by atoms with Crippen LogP contribution in [0.3, 0.4) is 0 Å². The Bertz CT molecular complexity index is 554. The molecule has 138 valence electrons. The first-order valence-corrected chi connectivity index (χ1v) is 10.5. The Morgan fingerprint density at radius 3 is 2.64 bits per heavy atom. The Balaban J connectivity index is 1.43. The SMILES string of the molecule is CCOC(=O)CSC1CCN(Cc2ccccc2OC2CCC2)CC1. The van der Waals surface area contributed by atoms with Gasteiger partial charge in [0, 0.05) is 17.4 Å². The van der Waals surface area contributed by atoms with Gasteiger partial charge in [0.05, 0.1) is 18.5 Å². The molecule has 0 bridgehead atoms. The zero-order chi connectivity index (χ0) is 17.5. The molecule has 1 saturated heterocycles. The van der Waals surface area contributed by atoms with E-state index in [0.29, 0.717) is 23.7 Å². The maximum atomic E-state index is 11.5. The fourth-order valence-corrected chi connectivity index (χ4v) is 4.28. The number of nitrogens with zero attached hydrogens (tertiary/aromatic N) is 1. The molecular weight excluding hydrogens is 334 g/mol. The molecule has 1 saturated carbocycles. The van der Waals surface area contributed by atoms with Crippen LogP contribution in [-0.4, -0.2) is 47.7 Å². The van der Waals surface area contributed by atoms with E-state index in [1.54, 1.807) is 11.8 Å². The molecule has 5 heteroatoms. The fourth-order valence-electron chi connectivity index (χ4n) is 3.28. The van der Waals surface area contributed by atoms with Gasteiger partial charge in [0.1, 0.15) is 5.75 Å². The van der Waals surface area contributed by atoms with Crippen LogP contribution < -0.4 is 4.74 Å². The van der Waals surface area contributed by atoms with Crippen LogP contribution >= 0.6 is 11.8 Å². The third-order valence-corrected chi connectivity index (χ3v) is 6.33. The molecule has 0 unspecified atom stereocenters. The van der Waals surface area contributed by atoms with Crippen molar-refractivity contribution >= 4 is 17.7 Å². The molecule has 4 nitrogen and oxygen atoms in total. The van der Waals surface area contributed by atoms with Crippen LogP contribution in [-0.2, 0) is 16.1 Å². The van der Waals surface area contributed by atoms with Gasteiger partial charge in [-0.1, -0.05) is 18.2 Å². The minimum absolute atomic E-state index is 0.0861. The first-order chi connectivity index (χ1) is 12.2. The number of carbonyl (C=O) groups is 1. The smallest absolute Gasteiger partial charge is 0.315 e. The monoisotopic (exact) mass is 363 g/mol. The maximum Gasteiger partial charge on any atom is 0.315 e. The Morgan fingerprint density at radius 2 is 1.96 bits per heavy atom. The highest BCUT2D eigenvalue weighted by molar-refractivity contribution is 8.00. The van der Waals surface area contributed by atoms with E-state index in [4.69, 9.17) is 9.47 Å². The van der Waals surface area contributed by atoms with Gasteiger partial charge in [-0.05, 0) is 58.2 Å². The van der Waals surface area contributed by atoms with Gasteiger partial charge in [-0.15, -0.1) is 11.8 Å². The molecule has 0 spiro atoms. The predicted molar refractivity (Wildman–Crippen MR) is 102 cm³/mol. The summed E-state index contributed by atoms with van der Waals surface area (Å²) in [5.74, 6) is 1.46. The molecular formula is C20H29NO3S. The van der Waals surface area contributed by atoms with Crippen molar-refractivity contribution < 1.29 is 14.3 Å². The van der Waals surface area contributed by atoms with Gasteiger partial charge in [0.2, 0.25) is 0 Å². The van der Waals surface area contributed by atoms with Gasteiger partial charge in [0.15, 0.2) is 0 Å². The van der Waals surface area contributed by atoms with Gasteiger partial charge >= 0.3 is 5.97 Å². The molecule has 1 aromatic rings. The molecule has 3 rings (SSSR count). The van der Waals surface area contributed by atoms with E-state index in [1.165, 1.54) is 24.8 Å². The van der Waals surface area contributed by atoms with Gasteiger partial charge < -0.3 is 9.47 Å². The fraction of sp³-hybridized carbons (Fsp3) is 0.650. The largest absolute Gasteiger partial charge is 0.490 e. The lowest BCUT2D eigenvalue weighted by Crippen LogP contribution is -2.35. The number of rotatable bonds is 8. The van der Waals surface area contributed by atoms with Crippen molar-refractivity contribution in [3.63, 3.8) is 0 Å². The summed E-state index contributed by atoms with van der Waals surface area (Å²) < 4.78 is 11.2. The summed E-state index contributed by atoms with van der Waals surface area (Å²) in [6.45, 7) is 5.45. The summed E-state index contributed by atoms with van der Waals surface area (Å²) in [7, 11) is 0. The Kier molecular flexibility index (Phi) is 7.05. The van der Waals surface area contributed by atoms with Crippen LogP contribution in [0.5, 0.6) is 5.75 Å². The minimum atomic E-state index is -0.0861. The van der Waals surface area contributed by atoms with Crippen molar-refractivity contribution in [3.05, 3.63) is 29.8 Å². The van der Waals surface area contributed by atoms with Crippen LogP contribution in [0, 0.1) is 0 Å². The molecule has 0 aromatic heterocycles. The number of hydrogen-bond donors (Lipinski definition) is 0. The zero-order valence-corrected chi connectivity index (χ0v) is 15.9. The molecule has 1 aliphatic heterocycles. The highest BCUT2D eigenvalue weighted by Gasteiger charge is 2.23. The second-order valence-corrected chi connectivity index (χ2v) is 8.16. The predicted octanol–water partition coefficient (Wildman–Crippen LogP) is 3.88.